The van der Waals surface area contributed by atoms with Gasteiger partial charge in [0.2, 0.25) is 11.8 Å². The van der Waals surface area contributed by atoms with Crippen LogP contribution in [0.1, 0.15) is 25.0 Å². The van der Waals surface area contributed by atoms with Crippen molar-refractivity contribution in [3.05, 3.63) is 107 Å². The van der Waals surface area contributed by atoms with Gasteiger partial charge in [-0.25, -0.2) is 8.42 Å². The second-order valence-electron chi connectivity index (χ2n) is 12.1. The summed E-state index contributed by atoms with van der Waals surface area (Å²) in [5, 5.41) is 3.00. The van der Waals surface area contributed by atoms with Gasteiger partial charge in [-0.3, -0.25) is 13.9 Å². The maximum atomic E-state index is 14.9. The minimum atomic E-state index is -4.50. The number of methoxy groups -OCH3 is 4. The Bertz CT molecular complexity index is 1910. The molecule has 0 radical (unpaired) electrons. The van der Waals surface area contributed by atoms with E-state index in [9.17, 15) is 18.0 Å². The molecule has 4 aromatic carbocycles. The number of nitrogens with one attached hydrogen (secondary N) is 1. The zero-order valence-electron chi connectivity index (χ0n) is 29.6. The minimum Gasteiger partial charge on any atom is -0.497 e. The molecule has 0 aromatic heterocycles. The van der Waals surface area contributed by atoms with Crippen molar-refractivity contribution in [2.24, 2.45) is 5.92 Å². The van der Waals surface area contributed by atoms with Gasteiger partial charge in [0.25, 0.3) is 10.0 Å². The van der Waals surface area contributed by atoms with Crippen molar-refractivity contribution in [1.82, 2.24) is 10.2 Å². The van der Waals surface area contributed by atoms with Crippen molar-refractivity contribution in [3.8, 4) is 23.0 Å². The zero-order valence-corrected chi connectivity index (χ0v) is 32.0. The normalized spacial score (nSPS) is 11.8. The predicted octanol–water partition coefficient (Wildman–Crippen LogP) is 6.09. The first-order valence-corrected chi connectivity index (χ1v) is 18.5. The summed E-state index contributed by atoms with van der Waals surface area (Å²) in [6.07, 6.45) is 0.190. The van der Waals surface area contributed by atoms with E-state index < -0.39 is 28.5 Å². The maximum absolute atomic E-state index is 14.9. The van der Waals surface area contributed by atoms with Crippen LogP contribution in [0.5, 0.6) is 23.0 Å². The van der Waals surface area contributed by atoms with Crippen LogP contribution in [-0.2, 0) is 32.6 Å². The summed E-state index contributed by atoms with van der Waals surface area (Å²) in [4.78, 5) is 30.2. The van der Waals surface area contributed by atoms with E-state index in [4.69, 9.17) is 18.9 Å². The number of hydrogen-bond acceptors (Lipinski definition) is 8. The Morgan fingerprint density at radius 2 is 1.43 bits per heavy atom. The Hall–Kier alpha value is -4.75. The number of rotatable bonds is 17. The lowest BCUT2D eigenvalue weighted by atomic mass is 10.0. The van der Waals surface area contributed by atoms with Gasteiger partial charge in [-0.05, 0) is 53.4 Å². The predicted molar refractivity (Wildman–Crippen MR) is 200 cm³/mol. The van der Waals surface area contributed by atoms with Crippen molar-refractivity contribution in [2.45, 2.75) is 37.8 Å². The van der Waals surface area contributed by atoms with Crippen LogP contribution >= 0.6 is 15.9 Å². The fourth-order valence-electron chi connectivity index (χ4n) is 5.42. The Labute approximate surface area is 308 Å². The fraction of sp³-hybridized carbons (Fsp3) is 0.316. The van der Waals surface area contributed by atoms with Crippen LogP contribution in [0.25, 0.3) is 0 Å². The van der Waals surface area contributed by atoms with Crippen molar-refractivity contribution < 1.29 is 37.0 Å². The molecule has 0 aliphatic carbocycles. The van der Waals surface area contributed by atoms with Crippen LogP contribution in [-0.4, -0.2) is 72.7 Å². The number of benzene rings is 4. The SMILES string of the molecule is COc1ccc(OC)c(N(CC(=O)N(Cc2cccc(Br)c2)C(Cc2ccccc2)C(=O)NCC(C)C)S(=O)(=O)c2ccc(OC)c(OC)c2)c1. The molecule has 1 unspecified atom stereocenters. The molecule has 2 amide bonds. The number of amides is 2. The second kappa shape index (κ2) is 18.0. The minimum absolute atomic E-state index is 0.0182. The van der Waals surface area contributed by atoms with Gasteiger partial charge in [-0.15, -0.1) is 0 Å². The van der Waals surface area contributed by atoms with E-state index in [0.29, 0.717) is 18.0 Å². The monoisotopic (exact) mass is 781 g/mol. The number of sulfonamides is 1. The summed E-state index contributed by atoms with van der Waals surface area (Å²) in [5.74, 6) is 0.211. The lowest BCUT2D eigenvalue weighted by molar-refractivity contribution is -0.140. The van der Waals surface area contributed by atoms with E-state index in [-0.39, 0.29) is 46.9 Å². The molecule has 13 heteroatoms. The quantitative estimate of drug-likeness (QED) is 0.137. The van der Waals surface area contributed by atoms with Gasteiger partial charge in [-0.2, -0.15) is 0 Å². The molecule has 4 rings (SSSR count). The molecule has 4 aromatic rings. The third-order valence-corrected chi connectivity index (χ3v) is 10.3. The molecular formula is C38H44BrN3O8S. The van der Waals surface area contributed by atoms with E-state index in [1.807, 2.05) is 68.4 Å². The Morgan fingerprint density at radius 3 is 2.06 bits per heavy atom. The molecule has 1 N–H and O–H groups in total. The number of carbonyl (C=O) groups excluding carboxylic acids is 2. The van der Waals surface area contributed by atoms with Crippen LogP contribution in [0, 0.1) is 5.92 Å². The molecule has 11 nitrogen and oxygen atoms in total. The number of hydrogen-bond donors (Lipinski definition) is 1. The average molecular weight is 783 g/mol. The first-order chi connectivity index (χ1) is 24.4. The Kier molecular flexibility index (Phi) is 13.7. The van der Waals surface area contributed by atoms with Crippen molar-refractivity contribution >= 4 is 43.5 Å². The third-order valence-electron chi connectivity index (χ3n) is 8.07. The molecule has 1 atom stereocenters. The fourth-order valence-corrected chi connectivity index (χ4v) is 7.30. The van der Waals surface area contributed by atoms with Crippen LogP contribution in [0.15, 0.2) is 100 Å². The average Bonchev–Trinajstić information content (AvgIpc) is 3.13. The van der Waals surface area contributed by atoms with Gasteiger partial charge in [0, 0.05) is 36.1 Å². The molecule has 0 aliphatic rings. The van der Waals surface area contributed by atoms with Gasteiger partial charge < -0.3 is 29.2 Å². The van der Waals surface area contributed by atoms with Crippen molar-refractivity contribution in [3.63, 3.8) is 0 Å². The highest BCUT2D eigenvalue weighted by Gasteiger charge is 2.36. The summed E-state index contributed by atoms with van der Waals surface area (Å²) in [7, 11) is 1.21. The highest BCUT2D eigenvalue weighted by Crippen LogP contribution is 2.38. The molecule has 0 saturated carbocycles. The van der Waals surface area contributed by atoms with Gasteiger partial charge in [0.05, 0.1) is 39.0 Å². The Morgan fingerprint density at radius 1 is 0.765 bits per heavy atom. The second-order valence-corrected chi connectivity index (χ2v) is 14.8. The summed E-state index contributed by atoms with van der Waals surface area (Å²) in [6.45, 7) is 3.69. The molecule has 0 saturated heterocycles. The summed E-state index contributed by atoms with van der Waals surface area (Å²) in [6, 6.07) is 24.6. The van der Waals surface area contributed by atoms with Crippen molar-refractivity contribution in [2.75, 3.05) is 45.8 Å². The molecule has 0 spiro atoms. The molecule has 51 heavy (non-hydrogen) atoms. The van der Waals surface area contributed by atoms with E-state index in [2.05, 4.69) is 21.2 Å². The van der Waals surface area contributed by atoms with E-state index in [1.54, 1.807) is 12.1 Å². The molecule has 0 aliphatic heterocycles. The topological polar surface area (TPSA) is 124 Å². The summed E-state index contributed by atoms with van der Waals surface area (Å²) >= 11 is 3.51. The lowest BCUT2D eigenvalue weighted by Gasteiger charge is -2.34. The highest BCUT2D eigenvalue weighted by atomic mass is 79.9. The summed E-state index contributed by atoms with van der Waals surface area (Å²) < 4.78 is 52.9. The molecular weight excluding hydrogens is 738 g/mol. The first-order valence-electron chi connectivity index (χ1n) is 16.2. The number of halogens is 1. The van der Waals surface area contributed by atoms with Gasteiger partial charge in [0.1, 0.15) is 24.1 Å². The zero-order chi connectivity index (χ0) is 37.1. The number of carbonyl (C=O) groups is 2. The van der Waals surface area contributed by atoms with Crippen molar-refractivity contribution in [1.29, 1.82) is 0 Å². The standard InChI is InChI=1S/C38H44BrN3O8S/c1-26(2)23-40-38(44)33(20-27-11-8-7-9-12-27)41(24-28-13-10-14-29(39)19-28)37(43)25-42(32-21-30(47-3)15-17-34(32)48-4)51(45,46)31-16-18-35(49-5)36(22-31)50-6/h7-19,21-22,26,33H,20,23-25H2,1-6H3,(H,40,44). The van der Waals surface area contributed by atoms with Crippen LogP contribution < -0.4 is 28.6 Å². The van der Waals surface area contributed by atoms with E-state index in [1.165, 1.54) is 57.6 Å². The van der Waals surface area contributed by atoms with Crippen LogP contribution in [0.2, 0.25) is 0 Å². The van der Waals surface area contributed by atoms with Crippen LogP contribution in [0.4, 0.5) is 5.69 Å². The summed E-state index contributed by atoms with van der Waals surface area (Å²) in [5.41, 5.74) is 1.63. The number of nitrogens with zero attached hydrogens (tertiary/aromatic N) is 2. The number of ether oxygens (including phenoxy) is 4. The highest BCUT2D eigenvalue weighted by molar-refractivity contribution is 9.10. The maximum Gasteiger partial charge on any atom is 0.265 e. The first kappa shape index (κ1) is 39.0. The van der Waals surface area contributed by atoms with Crippen LogP contribution in [0.3, 0.4) is 0 Å². The molecule has 0 fully saturated rings. The van der Waals surface area contributed by atoms with Gasteiger partial charge in [0.15, 0.2) is 11.5 Å². The third kappa shape index (κ3) is 9.95. The smallest absolute Gasteiger partial charge is 0.265 e. The molecule has 0 heterocycles. The van der Waals surface area contributed by atoms with E-state index >= 15 is 0 Å². The largest absolute Gasteiger partial charge is 0.497 e. The number of anilines is 1. The molecule has 272 valence electrons. The molecule has 0 bridgehead atoms. The Balaban J connectivity index is 1.89. The van der Waals surface area contributed by atoms with Gasteiger partial charge in [-0.1, -0.05) is 72.2 Å². The lowest BCUT2D eigenvalue weighted by Crippen LogP contribution is -2.53. The van der Waals surface area contributed by atoms with E-state index in [0.717, 1.165) is 19.9 Å². The van der Waals surface area contributed by atoms with Gasteiger partial charge >= 0.3 is 0 Å².